The molecular weight excluding hydrogens is 250 g/mol. The second-order valence-electron chi connectivity index (χ2n) is 5.71. The van der Waals surface area contributed by atoms with Gasteiger partial charge in [-0.2, -0.15) is 0 Å². The summed E-state index contributed by atoms with van der Waals surface area (Å²) in [6, 6.07) is 10.3. The number of anilines is 1. The van der Waals surface area contributed by atoms with Crippen LogP contribution in [0.4, 0.5) is 5.95 Å². The predicted molar refractivity (Wildman–Crippen MR) is 80.4 cm³/mol. The molecule has 0 amide bonds. The Balaban J connectivity index is 1.90. The monoisotopic (exact) mass is 271 g/mol. The van der Waals surface area contributed by atoms with Crippen LogP contribution in [0.5, 0.6) is 0 Å². The van der Waals surface area contributed by atoms with Gasteiger partial charge in [-0.1, -0.05) is 18.2 Å². The summed E-state index contributed by atoms with van der Waals surface area (Å²) < 4.78 is 7.58. The Morgan fingerprint density at radius 2 is 1.90 bits per heavy atom. The Morgan fingerprint density at radius 1 is 1.20 bits per heavy atom. The van der Waals surface area contributed by atoms with E-state index in [-0.39, 0.29) is 5.54 Å². The Labute approximate surface area is 119 Å². The van der Waals surface area contributed by atoms with Gasteiger partial charge in [-0.25, -0.2) is 4.98 Å². The molecule has 2 heterocycles. The second-order valence-corrected chi connectivity index (χ2v) is 5.71. The van der Waals surface area contributed by atoms with Crippen molar-refractivity contribution in [3.63, 3.8) is 0 Å². The van der Waals surface area contributed by atoms with E-state index in [1.165, 1.54) is 0 Å². The lowest BCUT2D eigenvalue weighted by molar-refractivity contribution is 0.0655. The fourth-order valence-corrected chi connectivity index (χ4v) is 2.59. The highest BCUT2D eigenvalue weighted by atomic mass is 16.5. The van der Waals surface area contributed by atoms with Crippen molar-refractivity contribution >= 4 is 5.95 Å². The van der Waals surface area contributed by atoms with Crippen LogP contribution >= 0.6 is 0 Å². The van der Waals surface area contributed by atoms with Crippen molar-refractivity contribution in [3.05, 3.63) is 42.2 Å². The van der Waals surface area contributed by atoms with E-state index >= 15 is 0 Å². The number of benzene rings is 1. The molecule has 106 valence electrons. The van der Waals surface area contributed by atoms with E-state index in [2.05, 4.69) is 40.1 Å². The molecule has 0 radical (unpaired) electrons. The third kappa shape index (κ3) is 2.70. The second kappa shape index (κ2) is 5.29. The standard InChI is InChI=1S/C16H21N3O/c1-13-12-19(14-6-4-3-5-7-14)15(17-13)18-16(2)8-10-20-11-9-16/h3-7,12H,8-11H2,1-2H3,(H,17,18). The van der Waals surface area contributed by atoms with Crippen LogP contribution in [-0.4, -0.2) is 28.3 Å². The van der Waals surface area contributed by atoms with Gasteiger partial charge in [0.1, 0.15) is 0 Å². The molecular formula is C16H21N3O. The number of rotatable bonds is 3. The lowest BCUT2D eigenvalue weighted by Crippen LogP contribution is -2.41. The molecule has 1 aromatic heterocycles. The summed E-state index contributed by atoms with van der Waals surface area (Å²) in [6.45, 7) is 5.90. The Hall–Kier alpha value is -1.81. The van der Waals surface area contributed by atoms with Crippen LogP contribution in [0.1, 0.15) is 25.5 Å². The Kier molecular flexibility index (Phi) is 3.49. The molecule has 1 aliphatic heterocycles. The molecule has 2 aromatic rings. The molecule has 3 rings (SSSR count). The van der Waals surface area contributed by atoms with Crippen LogP contribution in [0, 0.1) is 6.92 Å². The van der Waals surface area contributed by atoms with Crippen LogP contribution in [-0.2, 0) is 4.74 Å². The molecule has 1 aliphatic rings. The summed E-state index contributed by atoms with van der Waals surface area (Å²) >= 11 is 0. The minimum atomic E-state index is 0.0581. The van der Waals surface area contributed by atoms with Gasteiger partial charge < -0.3 is 10.1 Å². The largest absolute Gasteiger partial charge is 0.381 e. The van der Waals surface area contributed by atoms with Crippen molar-refractivity contribution in [2.45, 2.75) is 32.2 Å². The number of imidazole rings is 1. The van der Waals surface area contributed by atoms with Gasteiger partial charge in [0.15, 0.2) is 0 Å². The van der Waals surface area contributed by atoms with E-state index in [0.717, 1.165) is 43.4 Å². The summed E-state index contributed by atoms with van der Waals surface area (Å²) in [4.78, 5) is 4.64. The van der Waals surface area contributed by atoms with Crippen molar-refractivity contribution in [1.82, 2.24) is 9.55 Å². The molecule has 4 heteroatoms. The van der Waals surface area contributed by atoms with E-state index in [1.807, 2.05) is 25.1 Å². The number of hydrogen-bond donors (Lipinski definition) is 1. The molecule has 0 atom stereocenters. The first-order chi connectivity index (χ1) is 9.66. The van der Waals surface area contributed by atoms with Crippen molar-refractivity contribution < 1.29 is 4.74 Å². The fourth-order valence-electron chi connectivity index (χ4n) is 2.59. The third-order valence-corrected chi connectivity index (χ3v) is 3.87. The van der Waals surface area contributed by atoms with E-state index in [0.29, 0.717) is 0 Å². The smallest absolute Gasteiger partial charge is 0.208 e. The zero-order valence-electron chi connectivity index (χ0n) is 12.1. The van der Waals surface area contributed by atoms with E-state index in [4.69, 9.17) is 4.74 Å². The lowest BCUT2D eigenvalue weighted by Gasteiger charge is -2.35. The number of aromatic nitrogens is 2. The molecule has 1 saturated heterocycles. The number of nitrogens with one attached hydrogen (secondary N) is 1. The molecule has 1 fully saturated rings. The Morgan fingerprint density at radius 3 is 2.60 bits per heavy atom. The highest BCUT2D eigenvalue weighted by molar-refractivity contribution is 5.44. The molecule has 0 spiro atoms. The maximum Gasteiger partial charge on any atom is 0.208 e. The molecule has 1 aromatic carbocycles. The first kappa shape index (κ1) is 13.2. The maximum atomic E-state index is 5.46. The van der Waals surface area contributed by atoms with Gasteiger partial charge in [-0.05, 0) is 38.8 Å². The van der Waals surface area contributed by atoms with Gasteiger partial charge in [0.05, 0.1) is 5.69 Å². The molecule has 4 nitrogen and oxygen atoms in total. The Bertz CT molecular complexity index is 571. The molecule has 20 heavy (non-hydrogen) atoms. The molecule has 0 saturated carbocycles. The van der Waals surface area contributed by atoms with Gasteiger partial charge in [0.25, 0.3) is 0 Å². The maximum absolute atomic E-state index is 5.46. The van der Waals surface area contributed by atoms with E-state index in [9.17, 15) is 0 Å². The number of aryl methyl sites for hydroxylation is 1. The number of ether oxygens (including phenoxy) is 1. The summed E-state index contributed by atoms with van der Waals surface area (Å²) in [7, 11) is 0. The number of para-hydroxylation sites is 1. The average Bonchev–Trinajstić information content (AvgIpc) is 2.80. The van der Waals surface area contributed by atoms with Gasteiger partial charge >= 0.3 is 0 Å². The quantitative estimate of drug-likeness (QED) is 0.932. The van der Waals surface area contributed by atoms with Crippen LogP contribution in [0.15, 0.2) is 36.5 Å². The van der Waals surface area contributed by atoms with Crippen LogP contribution in [0.25, 0.3) is 5.69 Å². The average molecular weight is 271 g/mol. The van der Waals surface area contributed by atoms with Gasteiger partial charge in [0.2, 0.25) is 5.95 Å². The number of nitrogens with zero attached hydrogens (tertiary/aromatic N) is 2. The zero-order valence-corrected chi connectivity index (χ0v) is 12.1. The first-order valence-electron chi connectivity index (χ1n) is 7.14. The topological polar surface area (TPSA) is 39.1 Å². The number of hydrogen-bond acceptors (Lipinski definition) is 3. The van der Waals surface area contributed by atoms with E-state index in [1.54, 1.807) is 0 Å². The van der Waals surface area contributed by atoms with Crippen molar-refractivity contribution in [3.8, 4) is 5.69 Å². The van der Waals surface area contributed by atoms with Gasteiger partial charge in [-0.15, -0.1) is 0 Å². The van der Waals surface area contributed by atoms with Crippen LogP contribution in [0.2, 0.25) is 0 Å². The fraction of sp³-hybridized carbons (Fsp3) is 0.438. The highest BCUT2D eigenvalue weighted by Crippen LogP contribution is 2.26. The summed E-state index contributed by atoms with van der Waals surface area (Å²) in [5, 5.41) is 3.62. The molecule has 0 unspecified atom stereocenters. The normalized spacial score (nSPS) is 17.9. The minimum Gasteiger partial charge on any atom is -0.381 e. The van der Waals surface area contributed by atoms with Gasteiger partial charge in [0, 0.05) is 30.6 Å². The molecule has 0 aliphatic carbocycles. The molecule has 0 bridgehead atoms. The summed E-state index contributed by atoms with van der Waals surface area (Å²) in [5.74, 6) is 0.915. The summed E-state index contributed by atoms with van der Waals surface area (Å²) in [5.41, 5.74) is 2.21. The highest BCUT2D eigenvalue weighted by Gasteiger charge is 2.28. The minimum absolute atomic E-state index is 0.0581. The van der Waals surface area contributed by atoms with Gasteiger partial charge in [-0.3, -0.25) is 4.57 Å². The van der Waals surface area contributed by atoms with Crippen molar-refractivity contribution in [2.75, 3.05) is 18.5 Å². The van der Waals surface area contributed by atoms with Crippen molar-refractivity contribution in [2.24, 2.45) is 0 Å². The van der Waals surface area contributed by atoms with E-state index < -0.39 is 0 Å². The zero-order chi connectivity index (χ0) is 14.0. The summed E-state index contributed by atoms with van der Waals surface area (Å²) in [6.07, 6.45) is 4.09. The third-order valence-electron chi connectivity index (χ3n) is 3.87. The SMILES string of the molecule is Cc1cn(-c2ccccc2)c(NC2(C)CCOCC2)n1. The van der Waals surface area contributed by atoms with Crippen LogP contribution in [0.3, 0.4) is 0 Å². The first-order valence-corrected chi connectivity index (χ1v) is 7.14. The van der Waals surface area contributed by atoms with Crippen LogP contribution < -0.4 is 5.32 Å². The van der Waals surface area contributed by atoms with Crippen molar-refractivity contribution in [1.29, 1.82) is 0 Å². The molecule has 1 N–H and O–H groups in total. The lowest BCUT2D eigenvalue weighted by atomic mass is 9.93. The predicted octanol–water partition coefficient (Wildman–Crippen LogP) is 3.16.